The molecule has 0 fully saturated rings. The second-order valence-corrected chi connectivity index (χ2v) is 8.23. The Morgan fingerprint density at radius 3 is 2.32 bits per heavy atom. The van der Waals surface area contributed by atoms with E-state index < -0.39 is 0 Å². The zero-order chi connectivity index (χ0) is 20.5. The highest BCUT2D eigenvalue weighted by Gasteiger charge is 2.18. The van der Waals surface area contributed by atoms with Gasteiger partial charge in [0.15, 0.2) is 5.78 Å². The van der Waals surface area contributed by atoms with Crippen molar-refractivity contribution in [3.8, 4) is 0 Å². The van der Waals surface area contributed by atoms with Crippen LogP contribution in [-0.2, 0) is 9.59 Å². The largest absolute Gasteiger partial charge is 0.356 e. The Labute approximate surface area is 174 Å². The Kier molecular flexibility index (Phi) is 8.67. The van der Waals surface area contributed by atoms with E-state index in [0.29, 0.717) is 9.90 Å². The molecule has 0 saturated carbocycles. The Morgan fingerprint density at radius 2 is 1.71 bits per heavy atom. The lowest BCUT2D eigenvalue weighted by Gasteiger charge is -2.23. The van der Waals surface area contributed by atoms with E-state index in [4.69, 9.17) is 11.6 Å². The third-order valence-corrected chi connectivity index (χ3v) is 5.42. The molecule has 5 nitrogen and oxygen atoms in total. The fourth-order valence-electron chi connectivity index (χ4n) is 2.74. The fraction of sp³-hybridized carbons (Fsp3) is 0.381. The number of amides is 2. The van der Waals surface area contributed by atoms with Gasteiger partial charge in [0.25, 0.3) is 0 Å². The van der Waals surface area contributed by atoms with E-state index in [1.54, 1.807) is 18.2 Å². The third kappa shape index (κ3) is 7.09. The molecule has 28 heavy (non-hydrogen) atoms. The second kappa shape index (κ2) is 11.0. The van der Waals surface area contributed by atoms with Gasteiger partial charge in [-0.05, 0) is 35.1 Å². The summed E-state index contributed by atoms with van der Waals surface area (Å²) in [6, 6.07) is 10.8. The van der Waals surface area contributed by atoms with Crippen molar-refractivity contribution in [2.45, 2.75) is 39.2 Å². The summed E-state index contributed by atoms with van der Waals surface area (Å²) in [6.45, 7) is 4.31. The number of carbonyl (C=O) groups is 3. The molecule has 0 saturated heterocycles. The first-order valence-corrected chi connectivity index (χ1v) is 10.5. The van der Waals surface area contributed by atoms with Crippen molar-refractivity contribution < 1.29 is 14.4 Å². The van der Waals surface area contributed by atoms with E-state index in [2.05, 4.69) is 10.6 Å². The van der Waals surface area contributed by atoms with Crippen molar-refractivity contribution >= 4 is 40.5 Å². The highest BCUT2D eigenvalue weighted by molar-refractivity contribution is 7.12. The Morgan fingerprint density at radius 1 is 1.00 bits per heavy atom. The van der Waals surface area contributed by atoms with Crippen LogP contribution in [0.25, 0.3) is 0 Å². The number of ketones is 1. The minimum atomic E-state index is -0.226. The van der Waals surface area contributed by atoms with Crippen LogP contribution < -0.4 is 10.6 Å². The van der Waals surface area contributed by atoms with E-state index >= 15 is 0 Å². The molecule has 0 spiro atoms. The summed E-state index contributed by atoms with van der Waals surface area (Å²) in [6.07, 6.45) is 0.476. The third-order valence-electron chi connectivity index (χ3n) is 4.26. The first-order valence-electron chi connectivity index (χ1n) is 9.25. The van der Waals surface area contributed by atoms with Crippen LogP contribution in [0.15, 0.2) is 41.8 Å². The average molecular weight is 421 g/mol. The summed E-state index contributed by atoms with van der Waals surface area (Å²) in [5.41, 5.74) is 0.990. The minimum absolute atomic E-state index is 0.0365. The second-order valence-electron chi connectivity index (χ2n) is 6.84. The van der Waals surface area contributed by atoms with Crippen LogP contribution in [-0.4, -0.2) is 24.1 Å². The van der Waals surface area contributed by atoms with Gasteiger partial charge in [-0.15, -0.1) is 11.3 Å². The molecule has 2 rings (SSSR count). The van der Waals surface area contributed by atoms with Crippen LogP contribution in [0.3, 0.4) is 0 Å². The van der Waals surface area contributed by atoms with Crippen molar-refractivity contribution in [2.24, 2.45) is 5.92 Å². The van der Waals surface area contributed by atoms with Gasteiger partial charge < -0.3 is 10.6 Å². The average Bonchev–Trinajstić information content (AvgIpc) is 3.20. The first kappa shape index (κ1) is 22.1. The number of carbonyl (C=O) groups excluding carboxylic acids is 3. The zero-order valence-electron chi connectivity index (χ0n) is 16.0. The Balaban J connectivity index is 1.72. The maximum Gasteiger partial charge on any atom is 0.222 e. The van der Waals surface area contributed by atoms with Crippen LogP contribution in [0.4, 0.5) is 0 Å². The van der Waals surface area contributed by atoms with E-state index in [-0.39, 0.29) is 55.4 Å². The molecule has 1 unspecified atom stereocenters. The van der Waals surface area contributed by atoms with Crippen molar-refractivity contribution in [1.82, 2.24) is 10.6 Å². The van der Waals surface area contributed by atoms with Gasteiger partial charge in [0.05, 0.1) is 10.9 Å². The van der Waals surface area contributed by atoms with E-state index in [1.165, 1.54) is 11.3 Å². The number of halogens is 1. The lowest BCUT2D eigenvalue weighted by molar-refractivity contribution is -0.123. The van der Waals surface area contributed by atoms with E-state index in [1.807, 2.05) is 37.4 Å². The van der Waals surface area contributed by atoms with E-state index in [9.17, 15) is 14.4 Å². The molecule has 7 heteroatoms. The highest BCUT2D eigenvalue weighted by atomic mass is 35.5. The van der Waals surface area contributed by atoms with Crippen molar-refractivity contribution in [1.29, 1.82) is 0 Å². The molecule has 1 atom stereocenters. The number of hydrogen-bond acceptors (Lipinski definition) is 4. The molecule has 2 aromatic rings. The molecule has 2 N–H and O–H groups in total. The maximum atomic E-state index is 12.3. The normalized spacial score (nSPS) is 11.9. The Hall–Kier alpha value is -2.18. The van der Waals surface area contributed by atoms with Gasteiger partial charge in [0.2, 0.25) is 11.8 Å². The van der Waals surface area contributed by atoms with Crippen molar-refractivity contribution in [2.75, 3.05) is 6.54 Å². The molecule has 0 bridgehead atoms. The molecule has 2 amide bonds. The van der Waals surface area contributed by atoms with E-state index in [0.717, 1.165) is 5.56 Å². The first-order chi connectivity index (χ1) is 13.4. The lowest BCUT2D eigenvalue weighted by atomic mass is 9.96. The predicted octanol–water partition coefficient (Wildman–Crippen LogP) is 4.38. The lowest BCUT2D eigenvalue weighted by Crippen LogP contribution is -2.34. The number of rotatable bonds is 10. The quantitative estimate of drug-likeness (QED) is 0.560. The van der Waals surface area contributed by atoms with Crippen LogP contribution in [0.5, 0.6) is 0 Å². The van der Waals surface area contributed by atoms with Crippen molar-refractivity contribution in [3.05, 3.63) is 57.2 Å². The predicted molar refractivity (Wildman–Crippen MR) is 113 cm³/mol. The van der Waals surface area contributed by atoms with Gasteiger partial charge in [-0.2, -0.15) is 0 Å². The minimum Gasteiger partial charge on any atom is -0.356 e. The standard InChI is InChI=1S/C21H25ClN2O3S/c1-14(2)21(15-5-7-16(22)8-6-15)24-20(27)11-12-23-19(26)10-9-17(25)18-4-3-13-28-18/h3-8,13-14,21H,9-12H2,1-2H3,(H,23,26)(H,24,27). The van der Waals surface area contributed by atoms with Crippen LogP contribution >= 0.6 is 22.9 Å². The summed E-state index contributed by atoms with van der Waals surface area (Å²) in [5, 5.41) is 8.19. The Bertz CT molecular complexity index is 788. The molecule has 1 heterocycles. The van der Waals surface area contributed by atoms with Crippen LogP contribution in [0.2, 0.25) is 5.02 Å². The molecular formula is C21H25ClN2O3S. The van der Waals surface area contributed by atoms with Crippen molar-refractivity contribution in [3.63, 3.8) is 0 Å². The number of benzene rings is 1. The molecule has 0 radical (unpaired) electrons. The molecule has 1 aromatic carbocycles. The monoisotopic (exact) mass is 420 g/mol. The van der Waals surface area contributed by atoms with Gasteiger partial charge >= 0.3 is 0 Å². The molecule has 150 valence electrons. The molecule has 0 aliphatic heterocycles. The van der Waals surface area contributed by atoms with Gasteiger partial charge in [0, 0.05) is 30.8 Å². The number of hydrogen-bond donors (Lipinski definition) is 2. The summed E-state index contributed by atoms with van der Waals surface area (Å²) in [7, 11) is 0. The van der Waals surface area contributed by atoms with Gasteiger partial charge in [-0.3, -0.25) is 14.4 Å². The van der Waals surface area contributed by atoms with Gasteiger partial charge in [0.1, 0.15) is 0 Å². The molecule has 0 aliphatic rings. The van der Waals surface area contributed by atoms with Crippen LogP contribution in [0, 0.1) is 5.92 Å². The zero-order valence-corrected chi connectivity index (χ0v) is 17.6. The summed E-state index contributed by atoms with van der Waals surface area (Å²) in [4.78, 5) is 36.7. The summed E-state index contributed by atoms with van der Waals surface area (Å²) < 4.78 is 0. The smallest absolute Gasteiger partial charge is 0.222 e. The van der Waals surface area contributed by atoms with Gasteiger partial charge in [-0.25, -0.2) is 0 Å². The van der Waals surface area contributed by atoms with Gasteiger partial charge in [-0.1, -0.05) is 43.6 Å². The number of Topliss-reactive ketones (excluding diaryl/α,β-unsaturated/α-hetero) is 1. The number of nitrogens with one attached hydrogen (secondary N) is 2. The molecular weight excluding hydrogens is 396 g/mol. The SMILES string of the molecule is CC(C)C(NC(=O)CCNC(=O)CCC(=O)c1cccs1)c1ccc(Cl)cc1. The summed E-state index contributed by atoms with van der Waals surface area (Å²) in [5.74, 6) is -0.187. The molecule has 1 aromatic heterocycles. The fourth-order valence-corrected chi connectivity index (χ4v) is 3.56. The van der Waals surface area contributed by atoms with Crippen LogP contribution in [0.1, 0.15) is 54.4 Å². The number of thiophene rings is 1. The highest BCUT2D eigenvalue weighted by Crippen LogP contribution is 2.23. The molecule has 0 aliphatic carbocycles. The topological polar surface area (TPSA) is 75.3 Å². The maximum absolute atomic E-state index is 12.3. The summed E-state index contributed by atoms with van der Waals surface area (Å²) >= 11 is 7.30.